The number of aryl methyl sites for hydroxylation is 1. The summed E-state index contributed by atoms with van der Waals surface area (Å²) in [4.78, 5) is 27.4. The Balaban J connectivity index is 2.03. The molecule has 20 heavy (non-hydrogen) atoms. The second-order valence-corrected chi connectivity index (χ2v) is 4.09. The first kappa shape index (κ1) is 13.7. The van der Waals surface area contributed by atoms with Crippen molar-refractivity contribution < 1.29 is 14.3 Å². The quantitative estimate of drug-likeness (QED) is 0.805. The maximum absolute atomic E-state index is 12.0. The van der Waals surface area contributed by atoms with E-state index in [-0.39, 0.29) is 12.5 Å². The predicted molar refractivity (Wildman–Crippen MR) is 70.1 cm³/mol. The van der Waals surface area contributed by atoms with Gasteiger partial charge in [-0.2, -0.15) is 5.10 Å². The lowest BCUT2D eigenvalue weighted by Crippen LogP contribution is -2.23. The Morgan fingerprint density at radius 3 is 2.75 bits per heavy atom. The molecule has 2 N–H and O–H groups in total. The Morgan fingerprint density at radius 2 is 2.10 bits per heavy atom. The van der Waals surface area contributed by atoms with Crippen LogP contribution in [0.25, 0.3) is 0 Å². The summed E-state index contributed by atoms with van der Waals surface area (Å²) >= 11 is 0. The molecule has 7 heteroatoms. The Morgan fingerprint density at radius 1 is 1.35 bits per heavy atom. The van der Waals surface area contributed by atoms with E-state index in [1.54, 1.807) is 25.1 Å². The Bertz CT molecular complexity index is 636. The second-order valence-electron chi connectivity index (χ2n) is 4.09. The molecule has 0 spiro atoms. The minimum atomic E-state index is -0.482. The third-order valence-corrected chi connectivity index (χ3v) is 2.60. The molecular weight excluding hydrogens is 260 g/mol. The molecule has 2 rings (SSSR count). The van der Waals surface area contributed by atoms with Gasteiger partial charge in [0.05, 0.1) is 19.2 Å². The number of H-pyrrole nitrogens is 1. The van der Waals surface area contributed by atoms with Crippen LogP contribution in [0.4, 0.5) is 0 Å². The fourth-order valence-corrected chi connectivity index (χ4v) is 1.63. The molecule has 0 fully saturated rings. The van der Waals surface area contributed by atoms with Gasteiger partial charge in [0.2, 0.25) is 0 Å². The van der Waals surface area contributed by atoms with E-state index < -0.39 is 5.97 Å². The Kier molecular flexibility index (Phi) is 4.09. The highest BCUT2D eigenvalue weighted by Gasteiger charge is 2.11. The maximum Gasteiger partial charge on any atom is 0.337 e. The summed E-state index contributed by atoms with van der Waals surface area (Å²) in [6.45, 7) is 1.99. The SMILES string of the molecule is COC(=O)c1cccc(C(=O)NCc2n[nH]c(C)n2)c1. The number of hydrogen-bond donors (Lipinski definition) is 2. The number of benzene rings is 1. The minimum Gasteiger partial charge on any atom is -0.465 e. The number of carbonyl (C=O) groups excluding carboxylic acids is 2. The van der Waals surface area contributed by atoms with Gasteiger partial charge in [0.1, 0.15) is 5.82 Å². The Hall–Kier alpha value is -2.70. The van der Waals surface area contributed by atoms with Gasteiger partial charge in [0.15, 0.2) is 5.82 Å². The van der Waals surface area contributed by atoms with E-state index in [9.17, 15) is 9.59 Å². The molecule has 2 aromatic rings. The molecule has 0 bridgehead atoms. The van der Waals surface area contributed by atoms with E-state index in [0.29, 0.717) is 22.8 Å². The van der Waals surface area contributed by atoms with E-state index in [1.807, 2.05) is 0 Å². The van der Waals surface area contributed by atoms with E-state index >= 15 is 0 Å². The molecule has 0 aliphatic carbocycles. The zero-order valence-electron chi connectivity index (χ0n) is 11.1. The average Bonchev–Trinajstić information content (AvgIpc) is 2.89. The van der Waals surface area contributed by atoms with Gasteiger partial charge in [-0.15, -0.1) is 0 Å². The summed E-state index contributed by atoms with van der Waals surface area (Å²) in [6.07, 6.45) is 0. The van der Waals surface area contributed by atoms with Gasteiger partial charge in [0, 0.05) is 5.56 Å². The van der Waals surface area contributed by atoms with E-state index in [0.717, 1.165) is 0 Å². The van der Waals surface area contributed by atoms with Crippen molar-refractivity contribution in [3.8, 4) is 0 Å². The van der Waals surface area contributed by atoms with Crippen LogP contribution < -0.4 is 5.32 Å². The smallest absolute Gasteiger partial charge is 0.337 e. The molecule has 0 aliphatic heterocycles. The van der Waals surface area contributed by atoms with Gasteiger partial charge in [-0.25, -0.2) is 9.78 Å². The van der Waals surface area contributed by atoms with Crippen LogP contribution in [0.2, 0.25) is 0 Å². The first-order valence-electron chi connectivity index (χ1n) is 5.94. The number of nitrogens with one attached hydrogen (secondary N) is 2. The fourth-order valence-electron chi connectivity index (χ4n) is 1.63. The normalized spacial score (nSPS) is 10.1. The lowest BCUT2D eigenvalue weighted by molar-refractivity contribution is 0.0600. The summed E-state index contributed by atoms with van der Waals surface area (Å²) in [5.41, 5.74) is 0.703. The molecule has 104 valence electrons. The van der Waals surface area contributed by atoms with Crippen molar-refractivity contribution >= 4 is 11.9 Å². The maximum atomic E-state index is 12.0. The third-order valence-electron chi connectivity index (χ3n) is 2.60. The lowest BCUT2D eigenvalue weighted by atomic mass is 10.1. The molecule has 0 aliphatic rings. The predicted octanol–water partition coefficient (Wildman–Crippen LogP) is 0.830. The lowest BCUT2D eigenvalue weighted by Gasteiger charge is -2.04. The second kappa shape index (κ2) is 5.96. The van der Waals surface area contributed by atoms with Crippen LogP contribution in [0.5, 0.6) is 0 Å². The molecule has 1 amide bonds. The van der Waals surface area contributed by atoms with Gasteiger partial charge < -0.3 is 10.1 Å². The van der Waals surface area contributed by atoms with Gasteiger partial charge in [-0.1, -0.05) is 6.07 Å². The molecular formula is C13H14N4O3. The number of ether oxygens (including phenoxy) is 1. The number of amides is 1. The van der Waals surface area contributed by atoms with Crippen molar-refractivity contribution in [2.75, 3.05) is 7.11 Å². The van der Waals surface area contributed by atoms with Gasteiger partial charge >= 0.3 is 5.97 Å². The molecule has 0 saturated carbocycles. The minimum absolute atomic E-state index is 0.214. The largest absolute Gasteiger partial charge is 0.465 e. The molecule has 1 aromatic carbocycles. The number of aromatic nitrogens is 3. The van der Waals surface area contributed by atoms with Crippen molar-refractivity contribution in [1.29, 1.82) is 0 Å². The highest BCUT2D eigenvalue weighted by atomic mass is 16.5. The number of nitrogens with zero attached hydrogens (tertiary/aromatic N) is 2. The summed E-state index contributed by atoms with van der Waals surface area (Å²) in [5, 5.41) is 9.28. The molecule has 0 unspecified atom stereocenters. The van der Waals surface area contributed by atoms with E-state index in [2.05, 4.69) is 25.2 Å². The Labute approximate surface area is 115 Å². The standard InChI is InChI=1S/C13H14N4O3/c1-8-15-11(17-16-8)7-14-12(18)9-4-3-5-10(6-9)13(19)20-2/h3-6H,7H2,1-2H3,(H,14,18)(H,15,16,17). The summed E-state index contributed by atoms with van der Waals surface area (Å²) in [7, 11) is 1.29. The van der Waals surface area contributed by atoms with Crippen LogP contribution in [0, 0.1) is 6.92 Å². The molecule has 0 atom stereocenters. The van der Waals surface area contributed by atoms with Crippen molar-refractivity contribution in [2.45, 2.75) is 13.5 Å². The zero-order valence-corrected chi connectivity index (χ0v) is 11.1. The molecule has 0 radical (unpaired) electrons. The van der Waals surface area contributed by atoms with Crippen molar-refractivity contribution in [3.63, 3.8) is 0 Å². The van der Waals surface area contributed by atoms with Crippen LogP contribution in [-0.4, -0.2) is 34.2 Å². The zero-order chi connectivity index (χ0) is 14.5. The van der Waals surface area contributed by atoms with Crippen molar-refractivity contribution in [3.05, 3.63) is 47.0 Å². The van der Waals surface area contributed by atoms with Crippen molar-refractivity contribution in [1.82, 2.24) is 20.5 Å². The molecule has 1 heterocycles. The van der Waals surface area contributed by atoms with Gasteiger partial charge in [-0.05, 0) is 25.1 Å². The molecule has 1 aromatic heterocycles. The van der Waals surface area contributed by atoms with Crippen LogP contribution in [0.15, 0.2) is 24.3 Å². The van der Waals surface area contributed by atoms with E-state index in [4.69, 9.17) is 0 Å². The van der Waals surface area contributed by atoms with Crippen LogP contribution in [0.3, 0.4) is 0 Å². The van der Waals surface area contributed by atoms with Crippen LogP contribution in [-0.2, 0) is 11.3 Å². The summed E-state index contributed by atoms with van der Waals surface area (Å²) in [5.74, 6) is 0.393. The van der Waals surface area contributed by atoms with Crippen LogP contribution in [0.1, 0.15) is 32.4 Å². The van der Waals surface area contributed by atoms with E-state index in [1.165, 1.54) is 13.2 Å². The number of esters is 1. The monoisotopic (exact) mass is 274 g/mol. The molecule has 7 nitrogen and oxygen atoms in total. The highest BCUT2D eigenvalue weighted by Crippen LogP contribution is 2.07. The van der Waals surface area contributed by atoms with Gasteiger partial charge in [0.25, 0.3) is 5.91 Å². The first-order valence-corrected chi connectivity index (χ1v) is 5.94. The summed E-state index contributed by atoms with van der Waals surface area (Å²) in [6, 6.07) is 6.30. The highest BCUT2D eigenvalue weighted by molar-refractivity contribution is 5.97. The number of hydrogen-bond acceptors (Lipinski definition) is 5. The number of carbonyl (C=O) groups is 2. The third kappa shape index (κ3) is 3.19. The van der Waals surface area contributed by atoms with Gasteiger partial charge in [-0.3, -0.25) is 9.89 Å². The molecule has 0 saturated heterocycles. The topological polar surface area (TPSA) is 97.0 Å². The number of methoxy groups -OCH3 is 1. The number of aromatic amines is 1. The fraction of sp³-hybridized carbons (Fsp3) is 0.231. The number of rotatable bonds is 4. The average molecular weight is 274 g/mol. The van der Waals surface area contributed by atoms with Crippen LogP contribution >= 0.6 is 0 Å². The summed E-state index contributed by atoms with van der Waals surface area (Å²) < 4.78 is 4.61. The van der Waals surface area contributed by atoms with Crippen molar-refractivity contribution in [2.24, 2.45) is 0 Å². The first-order chi connectivity index (χ1) is 9.60.